The molecule has 2 rings (SSSR count). The molecule has 0 spiro atoms. The van der Waals surface area contributed by atoms with Gasteiger partial charge in [-0.3, -0.25) is 4.90 Å². The van der Waals surface area contributed by atoms with Crippen molar-refractivity contribution in [2.45, 2.75) is 38.3 Å². The number of likely N-dealkylation sites (tertiary alicyclic amines) is 1. The minimum atomic E-state index is -0.580. The van der Waals surface area contributed by atoms with Crippen LogP contribution in [-0.2, 0) is 6.54 Å². The van der Waals surface area contributed by atoms with Gasteiger partial charge in [0.15, 0.2) is 0 Å². The van der Waals surface area contributed by atoms with E-state index < -0.39 is 5.60 Å². The molecule has 1 aromatic carbocycles. The van der Waals surface area contributed by atoms with Crippen molar-refractivity contribution in [2.75, 3.05) is 13.1 Å². The zero-order valence-electron chi connectivity index (χ0n) is 11.7. The first-order valence-electron chi connectivity index (χ1n) is 6.90. The first kappa shape index (κ1) is 15.4. The van der Waals surface area contributed by atoms with Crippen LogP contribution in [0.3, 0.4) is 0 Å². The molecule has 1 fully saturated rings. The number of nitrogens with zero attached hydrogens (tertiary/aromatic N) is 1. The monoisotopic (exact) mass is 296 g/mol. The van der Waals surface area contributed by atoms with Crippen LogP contribution in [0.25, 0.3) is 0 Å². The van der Waals surface area contributed by atoms with Crippen LogP contribution >= 0.6 is 12.2 Å². The van der Waals surface area contributed by atoms with Crippen LogP contribution in [0.1, 0.15) is 37.3 Å². The summed E-state index contributed by atoms with van der Waals surface area (Å²) in [6, 6.07) is 4.57. The van der Waals surface area contributed by atoms with E-state index in [-0.39, 0.29) is 10.8 Å². The smallest absolute Gasteiger partial charge is 0.123 e. The number of benzene rings is 1. The largest absolute Gasteiger partial charge is 0.390 e. The molecule has 1 aromatic rings. The van der Waals surface area contributed by atoms with Crippen molar-refractivity contribution in [3.05, 3.63) is 35.1 Å². The first-order chi connectivity index (χ1) is 9.37. The number of hydrogen-bond acceptors (Lipinski definition) is 3. The Balaban J connectivity index is 2.12. The van der Waals surface area contributed by atoms with Gasteiger partial charge < -0.3 is 10.8 Å². The van der Waals surface area contributed by atoms with E-state index in [1.54, 1.807) is 6.07 Å². The van der Waals surface area contributed by atoms with Crippen LogP contribution in [0, 0.1) is 5.82 Å². The second kappa shape index (κ2) is 6.16. The topological polar surface area (TPSA) is 49.5 Å². The Hall–Kier alpha value is -1.04. The molecule has 1 saturated heterocycles. The van der Waals surface area contributed by atoms with Crippen molar-refractivity contribution in [3.63, 3.8) is 0 Å². The van der Waals surface area contributed by atoms with Crippen LogP contribution in [0.15, 0.2) is 18.2 Å². The molecule has 0 saturated carbocycles. The lowest BCUT2D eigenvalue weighted by molar-refractivity contribution is 0.0444. The summed E-state index contributed by atoms with van der Waals surface area (Å²) in [4.78, 5) is 2.48. The van der Waals surface area contributed by atoms with E-state index in [4.69, 9.17) is 18.0 Å². The Bertz CT molecular complexity index is 505. The fourth-order valence-corrected chi connectivity index (χ4v) is 2.82. The zero-order chi connectivity index (χ0) is 14.8. The highest BCUT2D eigenvalue weighted by molar-refractivity contribution is 7.80. The van der Waals surface area contributed by atoms with Gasteiger partial charge in [-0.05, 0) is 50.4 Å². The van der Waals surface area contributed by atoms with Gasteiger partial charge >= 0.3 is 0 Å². The lowest BCUT2D eigenvalue weighted by atomic mass is 9.98. The van der Waals surface area contributed by atoms with E-state index in [2.05, 4.69) is 4.90 Å². The molecular weight excluding hydrogens is 275 g/mol. The molecule has 0 amide bonds. The summed E-state index contributed by atoms with van der Waals surface area (Å²) in [7, 11) is 0. The van der Waals surface area contributed by atoms with Crippen LogP contribution in [0.5, 0.6) is 0 Å². The van der Waals surface area contributed by atoms with Crippen molar-refractivity contribution in [1.82, 2.24) is 4.90 Å². The third kappa shape index (κ3) is 3.98. The maximum Gasteiger partial charge on any atom is 0.123 e. The molecular formula is C15H21FN2OS. The summed E-state index contributed by atoms with van der Waals surface area (Å²) >= 11 is 4.99. The summed E-state index contributed by atoms with van der Waals surface area (Å²) in [6.45, 7) is 4.31. The zero-order valence-corrected chi connectivity index (χ0v) is 12.5. The molecule has 0 aliphatic carbocycles. The molecule has 20 heavy (non-hydrogen) atoms. The SMILES string of the molecule is CC1(O)CCCN(Cc2ccc(F)cc2C(N)=S)CC1. The number of nitrogens with two attached hydrogens (primary N) is 1. The number of halogens is 1. The Morgan fingerprint density at radius 1 is 1.45 bits per heavy atom. The molecule has 0 aromatic heterocycles. The Morgan fingerprint density at radius 3 is 2.90 bits per heavy atom. The molecule has 3 N–H and O–H groups in total. The minimum absolute atomic E-state index is 0.223. The molecule has 3 nitrogen and oxygen atoms in total. The van der Waals surface area contributed by atoms with Gasteiger partial charge in [0.25, 0.3) is 0 Å². The summed E-state index contributed by atoms with van der Waals surface area (Å²) in [6.07, 6.45) is 2.52. The van der Waals surface area contributed by atoms with Gasteiger partial charge in [0, 0.05) is 18.7 Å². The number of aliphatic hydroxyl groups is 1. The third-order valence-corrected chi connectivity index (χ3v) is 4.11. The van der Waals surface area contributed by atoms with E-state index >= 15 is 0 Å². The van der Waals surface area contributed by atoms with Gasteiger partial charge in [-0.25, -0.2) is 4.39 Å². The maximum atomic E-state index is 13.3. The van der Waals surface area contributed by atoms with E-state index in [0.29, 0.717) is 12.1 Å². The average molecular weight is 296 g/mol. The highest BCUT2D eigenvalue weighted by Crippen LogP contribution is 2.23. The fraction of sp³-hybridized carbons (Fsp3) is 0.533. The van der Waals surface area contributed by atoms with E-state index in [9.17, 15) is 9.50 Å². The Morgan fingerprint density at radius 2 is 2.20 bits per heavy atom. The fourth-order valence-electron chi connectivity index (χ4n) is 2.63. The molecule has 1 atom stereocenters. The van der Waals surface area contributed by atoms with Crippen molar-refractivity contribution < 1.29 is 9.50 Å². The van der Waals surface area contributed by atoms with Gasteiger partial charge in [-0.15, -0.1) is 0 Å². The average Bonchev–Trinajstić information content (AvgIpc) is 2.53. The lowest BCUT2D eigenvalue weighted by Gasteiger charge is -2.23. The lowest BCUT2D eigenvalue weighted by Crippen LogP contribution is -2.29. The van der Waals surface area contributed by atoms with Crippen LogP contribution < -0.4 is 5.73 Å². The predicted octanol–water partition coefficient (Wildman–Crippen LogP) is 2.20. The van der Waals surface area contributed by atoms with Gasteiger partial charge in [-0.2, -0.15) is 0 Å². The number of thiocarbonyl (C=S) groups is 1. The van der Waals surface area contributed by atoms with E-state index in [1.807, 2.05) is 6.92 Å². The molecule has 0 bridgehead atoms. The van der Waals surface area contributed by atoms with Crippen LogP contribution in [-0.4, -0.2) is 33.7 Å². The van der Waals surface area contributed by atoms with Gasteiger partial charge in [-0.1, -0.05) is 18.3 Å². The Labute approximate surface area is 124 Å². The number of rotatable bonds is 3. The van der Waals surface area contributed by atoms with Crippen molar-refractivity contribution in [1.29, 1.82) is 0 Å². The second-order valence-electron chi connectivity index (χ2n) is 5.79. The van der Waals surface area contributed by atoms with Crippen molar-refractivity contribution >= 4 is 17.2 Å². The summed E-state index contributed by atoms with van der Waals surface area (Å²) in [5, 5.41) is 10.1. The summed E-state index contributed by atoms with van der Waals surface area (Å²) in [5.74, 6) is -0.324. The standard InChI is InChI=1S/C15H21FN2OS/c1-15(19)5-2-7-18(8-6-15)10-11-3-4-12(16)9-13(11)14(17)20/h3-4,9,19H,2,5-8,10H2,1H3,(H2,17,20). The quantitative estimate of drug-likeness (QED) is 0.840. The van der Waals surface area contributed by atoms with E-state index in [0.717, 1.165) is 37.9 Å². The molecule has 1 aliphatic rings. The second-order valence-corrected chi connectivity index (χ2v) is 6.23. The highest BCUT2D eigenvalue weighted by atomic mass is 32.1. The normalized spacial score (nSPS) is 24.4. The molecule has 5 heteroatoms. The number of hydrogen-bond donors (Lipinski definition) is 2. The van der Waals surface area contributed by atoms with E-state index in [1.165, 1.54) is 12.1 Å². The predicted molar refractivity (Wildman–Crippen MR) is 82.0 cm³/mol. The first-order valence-corrected chi connectivity index (χ1v) is 7.31. The molecule has 1 aliphatic heterocycles. The van der Waals surface area contributed by atoms with Gasteiger partial charge in [0.1, 0.15) is 10.8 Å². The highest BCUT2D eigenvalue weighted by Gasteiger charge is 2.25. The molecule has 110 valence electrons. The molecule has 0 radical (unpaired) electrons. The maximum absolute atomic E-state index is 13.3. The molecule has 1 unspecified atom stereocenters. The third-order valence-electron chi connectivity index (χ3n) is 3.89. The van der Waals surface area contributed by atoms with Crippen molar-refractivity contribution in [2.24, 2.45) is 5.73 Å². The van der Waals surface area contributed by atoms with Gasteiger partial charge in [0.05, 0.1) is 5.60 Å². The van der Waals surface area contributed by atoms with Crippen molar-refractivity contribution in [3.8, 4) is 0 Å². The van der Waals surface area contributed by atoms with Crippen LogP contribution in [0.4, 0.5) is 4.39 Å². The van der Waals surface area contributed by atoms with Gasteiger partial charge in [0.2, 0.25) is 0 Å². The summed E-state index contributed by atoms with van der Waals surface area (Å²) in [5.41, 5.74) is 6.64. The molecule has 1 heterocycles. The minimum Gasteiger partial charge on any atom is -0.390 e. The Kier molecular flexibility index (Phi) is 4.73. The summed E-state index contributed by atoms with van der Waals surface area (Å²) < 4.78 is 13.3. The van der Waals surface area contributed by atoms with Crippen LogP contribution in [0.2, 0.25) is 0 Å².